The van der Waals surface area contributed by atoms with Gasteiger partial charge in [-0.2, -0.15) is 5.10 Å². The first kappa shape index (κ1) is 30.5. The van der Waals surface area contributed by atoms with E-state index < -0.39 is 5.41 Å². The van der Waals surface area contributed by atoms with E-state index in [0.29, 0.717) is 55.4 Å². The number of rotatable bonds is 7. The van der Waals surface area contributed by atoms with Crippen molar-refractivity contribution in [2.24, 2.45) is 12.5 Å². The number of likely N-dealkylation sites (tertiary alicyclic amines) is 1. The van der Waals surface area contributed by atoms with Gasteiger partial charge in [0.15, 0.2) is 5.82 Å². The molecule has 0 saturated carbocycles. The Morgan fingerprint density at radius 2 is 1.79 bits per heavy atom. The number of carbonyl (C=O) groups excluding carboxylic acids is 2. The minimum absolute atomic E-state index is 0.0853. The first-order chi connectivity index (χ1) is 22.7. The van der Waals surface area contributed by atoms with E-state index >= 15 is 0 Å². The van der Waals surface area contributed by atoms with Gasteiger partial charge in [-0.25, -0.2) is 4.98 Å². The SMILES string of the molecule is Cc1ccc(C(=N)c2cc(N3CCC4(CCN(CC(=O)N5CC=C(c6ccc(-c7ncn(C)n7)cc6)CC5)C4)C3=O)ccc2N)cn1. The first-order valence-corrected chi connectivity index (χ1v) is 16.1. The molecule has 5 heterocycles. The summed E-state index contributed by atoms with van der Waals surface area (Å²) >= 11 is 0. The van der Waals surface area contributed by atoms with Crippen LogP contribution in [0.3, 0.4) is 0 Å². The van der Waals surface area contributed by atoms with Gasteiger partial charge in [0.1, 0.15) is 6.33 Å². The Morgan fingerprint density at radius 3 is 2.49 bits per heavy atom. The number of carbonyl (C=O) groups is 2. The fourth-order valence-corrected chi connectivity index (χ4v) is 6.99. The molecule has 0 aliphatic carbocycles. The van der Waals surface area contributed by atoms with Gasteiger partial charge in [-0.15, -0.1) is 0 Å². The Labute approximate surface area is 274 Å². The van der Waals surface area contributed by atoms with E-state index in [4.69, 9.17) is 11.1 Å². The maximum atomic E-state index is 13.9. The third-order valence-corrected chi connectivity index (χ3v) is 9.80. The van der Waals surface area contributed by atoms with E-state index in [1.165, 1.54) is 5.57 Å². The molecule has 7 rings (SSSR count). The number of hydrogen-bond acceptors (Lipinski definition) is 8. The van der Waals surface area contributed by atoms with Gasteiger partial charge in [0.2, 0.25) is 11.8 Å². The van der Waals surface area contributed by atoms with Crippen LogP contribution in [0.25, 0.3) is 17.0 Å². The lowest BCUT2D eigenvalue weighted by molar-refractivity contribution is -0.132. The van der Waals surface area contributed by atoms with Crippen LogP contribution in [0, 0.1) is 17.7 Å². The maximum Gasteiger partial charge on any atom is 0.237 e. The number of nitrogens with one attached hydrogen (secondary N) is 1. The average molecular weight is 630 g/mol. The number of amides is 2. The number of benzene rings is 2. The largest absolute Gasteiger partial charge is 0.398 e. The van der Waals surface area contributed by atoms with Crippen LogP contribution in [0.15, 0.2) is 73.2 Å². The molecular formula is C36H39N9O2. The zero-order chi connectivity index (χ0) is 32.7. The van der Waals surface area contributed by atoms with Gasteiger partial charge in [-0.3, -0.25) is 29.6 Å². The summed E-state index contributed by atoms with van der Waals surface area (Å²) in [6.07, 6.45) is 7.78. The molecule has 240 valence electrons. The van der Waals surface area contributed by atoms with Gasteiger partial charge in [-0.1, -0.05) is 30.3 Å². The van der Waals surface area contributed by atoms with Crippen LogP contribution < -0.4 is 10.6 Å². The van der Waals surface area contributed by atoms with E-state index in [1.807, 2.05) is 60.2 Å². The van der Waals surface area contributed by atoms with Crippen LogP contribution in [0.4, 0.5) is 11.4 Å². The zero-order valence-corrected chi connectivity index (χ0v) is 26.8. The highest BCUT2D eigenvalue weighted by Crippen LogP contribution is 2.43. The lowest BCUT2D eigenvalue weighted by Crippen LogP contribution is -2.43. The molecule has 0 radical (unpaired) electrons. The van der Waals surface area contributed by atoms with Crippen LogP contribution in [0.5, 0.6) is 0 Å². The third kappa shape index (κ3) is 5.94. The van der Waals surface area contributed by atoms with Crippen molar-refractivity contribution in [1.82, 2.24) is 29.5 Å². The van der Waals surface area contributed by atoms with Crippen LogP contribution in [-0.4, -0.2) is 86.3 Å². The van der Waals surface area contributed by atoms with Gasteiger partial charge in [0, 0.05) is 73.2 Å². The van der Waals surface area contributed by atoms with E-state index in [9.17, 15) is 9.59 Å². The van der Waals surface area contributed by atoms with Crippen molar-refractivity contribution < 1.29 is 9.59 Å². The molecule has 2 aromatic carbocycles. The second-order valence-electron chi connectivity index (χ2n) is 12.9. The van der Waals surface area contributed by atoms with Crippen molar-refractivity contribution in [3.8, 4) is 11.4 Å². The van der Waals surface area contributed by atoms with E-state index in [-0.39, 0.29) is 17.5 Å². The van der Waals surface area contributed by atoms with Crippen LogP contribution in [0.1, 0.15) is 41.6 Å². The summed E-state index contributed by atoms with van der Waals surface area (Å²) in [6.45, 7) is 5.37. The Kier molecular flexibility index (Phi) is 7.93. The van der Waals surface area contributed by atoms with Gasteiger partial charge in [0.25, 0.3) is 0 Å². The van der Waals surface area contributed by atoms with Crippen molar-refractivity contribution in [3.05, 3.63) is 95.6 Å². The number of aryl methyl sites for hydroxylation is 2. The summed E-state index contributed by atoms with van der Waals surface area (Å²) in [4.78, 5) is 41.8. The lowest BCUT2D eigenvalue weighted by Gasteiger charge is -2.29. The van der Waals surface area contributed by atoms with Crippen LogP contribution in [-0.2, 0) is 16.6 Å². The zero-order valence-electron chi connectivity index (χ0n) is 26.8. The van der Waals surface area contributed by atoms with Crippen molar-refractivity contribution in [3.63, 3.8) is 0 Å². The quantitative estimate of drug-likeness (QED) is 0.234. The standard InChI is InChI=1S/C36H39N9O2/c1-24-3-4-28(20-39-24)33(38)30-19-29(9-10-31(30)37)45-18-14-36(35(45)47)13-17-43(22-36)21-32(46)44-15-11-26(12-16-44)25-5-7-27(8-6-25)34-40-23-42(2)41-34/h3-11,19-20,23,38H,12-18,21-22,37H2,1-2H3. The summed E-state index contributed by atoms with van der Waals surface area (Å²) in [5.74, 6) is 0.891. The van der Waals surface area contributed by atoms with Crippen LogP contribution >= 0.6 is 0 Å². The number of nitrogens with two attached hydrogens (primary N) is 1. The average Bonchev–Trinajstić information content (AvgIpc) is 3.80. The Balaban J connectivity index is 0.958. The molecule has 3 aliphatic rings. The van der Waals surface area contributed by atoms with E-state index in [0.717, 1.165) is 48.3 Å². The molecule has 3 N–H and O–H groups in total. The van der Waals surface area contributed by atoms with Crippen molar-refractivity contribution in [1.29, 1.82) is 5.41 Å². The normalized spacial score (nSPS) is 19.9. The lowest BCUT2D eigenvalue weighted by atomic mass is 9.85. The molecule has 47 heavy (non-hydrogen) atoms. The monoisotopic (exact) mass is 629 g/mol. The van der Waals surface area contributed by atoms with E-state index in [2.05, 4.69) is 38.2 Å². The molecule has 2 aromatic heterocycles. The molecule has 3 aliphatic heterocycles. The fourth-order valence-electron chi connectivity index (χ4n) is 6.99. The van der Waals surface area contributed by atoms with Gasteiger partial charge in [0.05, 0.1) is 17.7 Å². The topological polar surface area (TPSA) is 137 Å². The highest BCUT2D eigenvalue weighted by Gasteiger charge is 2.51. The molecule has 2 saturated heterocycles. The molecule has 2 fully saturated rings. The Morgan fingerprint density at radius 1 is 1.00 bits per heavy atom. The highest BCUT2D eigenvalue weighted by atomic mass is 16.2. The summed E-state index contributed by atoms with van der Waals surface area (Å²) in [6, 6.07) is 17.5. The number of hydrogen-bond donors (Lipinski definition) is 2. The number of anilines is 2. The molecule has 1 unspecified atom stereocenters. The predicted molar refractivity (Wildman–Crippen MR) is 182 cm³/mol. The second kappa shape index (κ2) is 12.2. The van der Waals surface area contributed by atoms with E-state index in [1.54, 1.807) is 23.3 Å². The molecule has 11 heteroatoms. The highest BCUT2D eigenvalue weighted by molar-refractivity contribution is 6.14. The van der Waals surface area contributed by atoms with Crippen molar-refractivity contribution in [2.75, 3.05) is 49.9 Å². The summed E-state index contributed by atoms with van der Waals surface area (Å²) < 4.78 is 1.69. The predicted octanol–water partition coefficient (Wildman–Crippen LogP) is 3.93. The maximum absolute atomic E-state index is 13.9. The summed E-state index contributed by atoms with van der Waals surface area (Å²) in [5.41, 5.74) is 12.8. The summed E-state index contributed by atoms with van der Waals surface area (Å²) in [7, 11) is 1.85. The molecular weight excluding hydrogens is 590 g/mol. The van der Waals surface area contributed by atoms with Gasteiger partial charge >= 0.3 is 0 Å². The fraction of sp³-hybridized carbons (Fsp3) is 0.333. The van der Waals surface area contributed by atoms with Gasteiger partial charge in [-0.05, 0) is 74.2 Å². The smallest absolute Gasteiger partial charge is 0.237 e. The minimum Gasteiger partial charge on any atom is -0.398 e. The Hall–Kier alpha value is -5.16. The molecule has 4 aromatic rings. The van der Waals surface area contributed by atoms with Crippen molar-refractivity contribution >= 4 is 34.5 Å². The van der Waals surface area contributed by atoms with Crippen LogP contribution in [0.2, 0.25) is 0 Å². The second-order valence-corrected chi connectivity index (χ2v) is 12.9. The number of nitrogens with zero attached hydrogens (tertiary/aromatic N) is 7. The van der Waals surface area contributed by atoms with Gasteiger partial charge < -0.3 is 15.5 Å². The molecule has 2 amide bonds. The molecule has 1 atom stereocenters. The number of aromatic nitrogens is 4. The summed E-state index contributed by atoms with van der Waals surface area (Å²) in [5, 5.41) is 13.1. The molecule has 11 nitrogen and oxygen atoms in total. The molecule has 1 spiro atoms. The number of pyridine rings is 1. The Bertz CT molecular complexity index is 1880. The third-order valence-electron chi connectivity index (χ3n) is 9.80. The van der Waals surface area contributed by atoms with Crippen molar-refractivity contribution in [2.45, 2.75) is 26.2 Å². The molecule has 0 bridgehead atoms. The minimum atomic E-state index is -0.498. The first-order valence-electron chi connectivity index (χ1n) is 16.1. The number of nitrogen functional groups attached to an aromatic ring is 1.